The normalized spacial score (nSPS) is 19.8. The summed E-state index contributed by atoms with van der Waals surface area (Å²) in [7, 11) is 0. The summed E-state index contributed by atoms with van der Waals surface area (Å²) < 4.78 is 87.4. The van der Waals surface area contributed by atoms with Crippen molar-refractivity contribution in [3.63, 3.8) is 0 Å². The molecule has 0 aliphatic carbocycles. The molecule has 0 radical (unpaired) electrons. The van der Waals surface area contributed by atoms with E-state index in [0.29, 0.717) is 13.0 Å². The first-order valence-electron chi connectivity index (χ1n) is 9.76. The van der Waals surface area contributed by atoms with Crippen molar-refractivity contribution in [3.8, 4) is 0 Å². The number of halogens is 6. The van der Waals surface area contributed by atoms with Gasteiger partial charge in [-0.3, -0.25) is 0 Å². The van der Waals surface area contributed by atoms with Gasteiger partial charge in [-0.2, -0.15) is 26.3 Å². The number of aromatic nitrogens is 1. The second-order valence-corrected chi connectivity index (χ2v) is 8.50. The predicted octanol–water partition coefficient (Wildman–Crippen LogP) is 6.27. The van der Waals surface area contributed by atoms with Crippen LogP contribution in [0, 0.1) is 0 Å². The maximum absolute atomic E-state index is 13.6. The predicted molar refractivity (Wildman–Crippen MR) is 101 cm³/mol. The third-order valence-electron chi connectivity index (χ3n) is 4.97. The zero-order valence-electron chi connectivity index (χ0n) is 16.9. The highest BCUT2D eigenvalue weighted by molar-refractivity contribution is 5.86. The van der Waals surface area contributed by atoms with Gasteiger partial charge in [0.1, 0.15) is 5.69 Å². The van der Waals surface area contributed by atoms with Gasteiger partial charge < -0.3 is 10.1 Å². The first-order valence-corrected chi connectivity index (χ1v) is 9.76. The average molecular weight is 434 g/mol. The molecule has 1 N–H and O–H groups in total. The van der Waals surface area contributed by atoms with Crippen molar-refractivity contribution in [2.75, 3.05) is 6.54 Å². The van der Waals surface area contributed by atoms with E-state index in [2.05, 4.69) is 10.3 Å². The standard InChI is InChI=1S/C21H24F6N2O/c1-19(2,3)30-18(15-9-4-5-10-28-15)13-11-16(21(25,26)27)29-17-12(13)7-6-8-14(17)20(22,23)24/h6-8,11,15,18,28H,4-5,9-10H2,1-3H3. The molecule has 2 atom stereocenters. The summed E-state index contributed by atoms with van der Waals surface area (Å²) in [5.74, 6) is 0. The van der Waals surface area contributed by atoms with Crippen LogP contribution in [0.5, 0.6) is 0 Å². The maximum atomic E-state index is 13.6. The largest absolute Gasteiger partial charge is 0.433 e. The first kappa shape index (κ1) is 22.8. The molecule has 0 amide bonds. The second-order valence-electron chi connectivity index (χ2n) is 8.50. The molecule has 3 rings (SSSR count). The minimum absolute atomic E-state index is 0.0134. The van der Waals surface area contributed by atoms with Crippen LogP contribution in [0.2, 0.25) is 0 Å². The Hall–Kier alpha value is -1.87. The molecule has 1 fully saturated rings. The summed E-state index contributed by atoms with van der Waals surface area (Å²) in [5.41, 5.74) is -3.93. The lowest BCUT2D eigenvalue weighted by Gasteiger charge is -2.37. The van der Waals surface area contributed by atoms with Gasteiger partial charge in [0, 0.05) is 11.4 Å². The van der Waals surface area contributed by atoms with Crippen LogP contribution in [0.1, 0.15) is 63.0 Å². The summed E-state index contributed by atoms with van der Waals surface area (Å²) in [6.45, 7) is 5.95. The number of fused-ring (bicyclic) bond motifs is 1. The van der Waals surface area contributed by atoms with Crippen LogP contribution >= 0.6 is 0 Å². The van der Waals surface area contributed by atoms with E-state index in [-0.39, 0.29) is 17.0 Å². The number of hydrogen-bond donors (Lipinski definition) is 1. The van der Waals surface area contributed by atoms with E-state index in [4.69, 9.17) is 4.74 Å². The molecule has 30 heavy (non-hydrogen) atoms. The van der Waals surface area contributed by atoms with Crippen LogP contribution < -0.4 is 5.32 Å². The van der Waals surface area contributed by atoms with E-state index < -0.39 is 40.8 Å². The number of benzene rings is 1. The molecule has 1 aliphatic rings. The fourth-order valence-electron chi connectivity index (χ4n) is 3.76. The van der Waals surface area contributed by atoms with E-state index in [9.17, 15) is 26.3 Å². The molecular formula is C21H24F6N2O. The first-order chi connectivity index (χ1) is 13.8. The molecule has 0 saturated carbocycles. The summed E-state index contributed by atoms with van der Waals surface area (Å²) in [6.07, 6.45) is -8.18. The van der Waals surface area contributed by atoms with Crippen LogP contribution in [-0.4, -0.2) is 23.2 Å². The summed E-state index contributed by atoms with van der Waals surface area (Å²) in [6, 6.07) is 3.81. The van der Waals surface area contributed by atoms with Crippen molar-refractivity contribution >= 4 is 10.9 Å². The molecule has 3 nitrogen and oxygen atoms in total. The summed E-state index contributed by atoms with van der Waals surface area (Å²) in [5, 5.41) is 3.27. The van der Waals surface area contributed by atoms with Crippen LogP contribution in [-0.2, 0) is 17.1 Å². The highest BCUT2D eigenvalue weighted by Crippen LogP contribution is 2.41. The Morgan fingerprint density at radius 1 is 1.03 bits per heavy atom. The molecule has 0 spiro atoms. The molecule has 0 bridgehead atoms. The zero-order valence-corrected chi connectivity index (χ0v) is 16.9. The van der Waals surface area contributed by atoms with E-state index >= 15 is 0 Å². The molecule has 2 unspecified atom stereocenters. The number of ether oxygens (including phenoxy) is 1. The van der Waals surface area contributed by atoms with Gasteiger partial charge in [0.15, 0.2) is 0 Å². The number of pyridine rings is 1. The van der Waals surface area contributed by atoms with Gasteiger partial charge in [-0.25, -0.2) is 4.98 Å². The number of rotatable bonds is 3. The molecule has 1 aromatic heterocycles. The molecule has 1 saturated heterocycles. The Morgan fingerprint density at radius 2 is 1.73 bits per heavy atom. The monoisotopic (exact) mass is 434 g/mol. The number of para-hydroxylation sites is 1. The van der Waals surface area contributed by atoms with E-state index in [1.807, 2.05) is 0 Å². The maximum Gasteiger partial charge on any atom is 0.433 e. The summed E-state index contributed by atoms with van der Waals surface area (Å²) >= 11 is 0. The highest BCUT2D eigenvalue weighted by Gasteiger charge is 2.39. The highest BCUT2D eigenvalue weighted by atomic mass is 19.4. The minimum Gasteiger partial charge on any atom is -0.366 e. The van der Waals surface area contributed by atoms with Gasteiger partial charge in [0.05, 0.1) is 22.8 Å². The Labute approximate surface area is 170 Å². The van der Waals surface area contributed by atoms with Gasteiger partial charge >= 0.3 is 12.4 Å². The van der Waals surface area contributed by atoms with Gasteiger partial charge in [-0.15, -0.1) is 0 Å². The molecule has 166 valence electrons. The molecular weight excluding hydrogens is 410 g/mol. The fourth-order valence-corrected chi connectivity index (χ4v) is 3.76. The van der Waals surface area contributed by atoms with Gasteiger partial charge in [-0.1, -0.05) is 18.6 Å². The Kier molecular flexibility index (Phi) is 6.08. The molecule has 1 aliphatic heterocycles. The topological polar surface area (TPSA) is 34.1 Å². The van der Waals surface area contributed by atoms with Crippen LogP contribution in [0.4, 0.5) is 26.3 Å². The Bertz CT molecular complexity index is 895. The SMILES string of the molecule is CC(C)(C)OC(c1cc(C(F)(F)F)nc2c(C(F)(F)F)cccc12)C1CCCCN1. The van der Waals surface area contributed by atoms with Crippen molar-refractivity contribution in [2.45, 2.75) is 70.1 Å². The number of piperidine rings is 1. The third kappa shape index (κ3) is 5.06. The molecule has 2 heterocycles. The zero-order chi connectivity index (χ0) is 22.3. The van der Waals surface area contributed by atoms with Gasteiger partial charge in [-0.05, 0) is 57.9 Å². The number of hydrogen-bond acceptors (Lipinski definition) is 3. The van der Waals surface area contributed by atoms with Crippen LogP contribution in [0.3, 0.4) is 0 Å². The van der Waals surface area contributed by atoms with Gasteiger partial charge in [0.2, 0.25) is 0 Å². The summed E-state index contributed by atoms with van der Waals surface area (Å²) in [4.78, 5) is 3.38. The second kappa shape index (κ2) is 8.00. The third-order valence-corrected chi connectivity index (χ3v) is 4.97. The van der Waals surface area contributed by atoms with E-state index in [1.54, 1.807) is 20.8 Å². The lowest BCUT2D eigenvalue weighted by Crippen LogP contribution is -2.42. The average Bonchev–Trinajstić information content (AvgIpc) is 2.63. The van der Waals surface area contributed by atoms with Crippen LogP contribution in [0.15, 0.2) is 24.3 Å². The van der Waals surface area contributed by atoms with Crippen molar-refractivity contribution in [1.29, 1.82) is 0 Å². The number of alkyl halides is 6. The Morgan fingerprint density at radius 3 is 2.27 bits per heavy atom. The van der Waals surface area contributed by atoms with E-state index in [0.717, 1.165) is 25.0 Å². The van der Waals surface area contributed by atoms with Crippen molar-refractivity contribution < 1.29 is 31.1 Å². The van der Waals surface area contributed by atoms with Gasteiger partial charge in [0.25, 0.3) is 0 Å². The molecule has 9 heteroatoms. The number of nitrogens with zero attached hydrogens (tertiary/aromatic N) is 1. The number of nitrogens with one attached hydrogen (secondary N) is 1. The minimum atomic E-state index is -4.89. The van der Waals surface area contributed by atoms with Crippen molar-refractivity contribution in [2.24, 2.45) is 0 Å². The fraction of sp³-hybridized carbons (Fsp3) is 0.571. The van der Waals surface area contributed by atoms with E-state index in [1.165, 1.54) is 12.1 Å². The lowest BCUT2D eigenvalue weighted by molar-refractivity contribution is -0.142. The van der Waals surface area contributed by atoms with Crippen LogP contribution in [0.25, 0.3) is 10.9 Å². The Balaban J connectivity index is 2.30. The lowest BCUT2D eigenvalue weighted by atomic mass is 9.90. The molecule has 2 aromatic rings. The quantitative estimate of drug-likeness (QED) is 0.578. The van der Waals surface area contributed by atoms with Crippen molar-refractivity contribution in [1.82, 2.24) is 10.3 Å². The van der Waals surface area contributed by atoms with Crippen molar-refractivity contribution in [3.05, 3.63) is 41.1 Å². The molecule has 1 aromatic carbocycles. The smallest absolute Gasteiger partial charge is 0.366 e.